The van der Waals surface area contributed by atoms with Crippen molar-refractivity contribution in [2.24, 2.45) is 0 Å². The quantitative estimate of drug-likeness (QED) is 0.558. The van der Waals surface area contributed by atoms with E-state index < -0.39 is 0 Å². The minimum absolute atomic E-state index is 0.000607. The number of benzene rings is 2. The first kappa shape index (κ1) is 19.4. The molecule has 1 N–H and O–H groups in total. The molecule has 0 saturated carbocycles. The molecule has 7 heteroatoms. The largest absolute Gasteiger partial charge is 0.368 e. The molecule has 2 aromatic carbocycles. The lowest BCUT2D eigenvalue weighted by Crippen LogP contribution is -2.50. The summed E-state index contributed by atoms with van der Waals surface area (Å²) in [6.45, 7) is 6.94. The van der Waals surface area contributed by atoms with Gasteiger partial charge in [-0.3, -0.25) is 14.2 Å². The summed E-state index contributed by atoms with van der Waals surface area (Å²) in [4.78, 5) is 37.6. The minimum Gasteiger partial charge on any atom is -0.368 e. The molecule has 0 unspecified atom stereocenters. The molecular formula is C24H25N5O2. The van der Waals surface area contributed by atoms with Gasteiger partial charge in [0.1, 0.15) is 17.6 Å². The van der Waals surface area contributed by atoms with Gasteiger partial charge < -0.3 is 14.8 Å². The summed E-state index contributed by atoms with van der Waals surface area (Å²) in [5.74, 6) is -0.0564. The molecule has 2 aromatic heterocycles. The van der Waals surface area contributed by atoms with Crippen molar-refractivity contribution in [3.63, 3.8) is 0 Å². The Bertz CT molecular complexity index is 1350. The van der Waals surface area contributed by atoms with Crippen molar-refractivity contribution in [1.29, 1.82) is 0 Å². The summed E-state index contributed by atoms with van der Waals surface area (Å²) in [7, 11) is 0. The van der Waals surface area contributed by atoms with Gasteiger partial charge in [0.05, 0.1) is 6.33 Å². The summed E-state index contributed by atoms with van der Waals surface area (Å²) in [5, 5.41) is 0.929. The Labute approximate surface area is 179 Å². The second-order valence-corrected chi connectivity index (χ2v) is 8.28. The fourth-order valence-electron chi connectivity index (χ4n) is 4.30. The molecule has 1 aliphatic rings. The smallest absolute Gasteiger partial charge is 0.278 e. The molecule has 5 rings (SSSR count). The molecule has 1 fully saturated rings. The Morgan fingerprint density at radius 1 is 1.03 bits per heavy atom. The van der Waals surface area contributed by atoms with E-state index in [9.17, 15) is 9.59 Å². The molecule has 0 spiro atoms. The maximum atomic E-state index is 13.0. The second kappa shape index (κ2) is 7.58. The van der Waals surface area contributed by atoms with Gasteiger partial charge in [-0.15, -0.1) is 0 Å². The van der Waals surface area contributed by atoms with Gasteiger partial charge in [0.2, 0.25) is 5.91 Å². The van der Waals surface area contributed by atoms with Crippen LogP contribution in [0.15, 0.2) is 53.6 Å². The van der Waals surface area contributed by atoms with E-state index in [1.165, 1.54) is 22.1 Å². The minimum atomic E-state index is -0.217. The Kier molecular flexibility index (Phi) is 4.73. The molecule has 0 atom stereocenters. The van der Waals surface area contributed by atoms with Gasteiger partial charge in [-0.1, -0.05) is 23.8 Å². The van der Waals surface area contributed by atoms with Crippen molar-refractivity contribution >= 4 is 33.5 Å². The van der Waals surface area contributed by atoms with E-state index in [4.69, 9.17) is 0 Å². The molecule has 1 amide bonds. The van der Waals surface area contributed by atoms with Gasteiger partial charge in [-0.25, -0.2) is 4.98 Å². The van der Waals surface area contributed by atoms with Crippen molar-refractivity contribution in [1.82, 2.24) is 19.4 Å². The van der Waals surface area contributed by atoms with Crippen LogP contribution in [0.5, 0.6) is 0 Å². The van der Waals surface area contributed by atoms with Crippen LogP contribution in [-0.4, -0.2) is 51.5 Å². The Morgan fingerprint density at radius 3 is 2.58 bits per heavy atom. The predicted molar refractivity (Wildman–Crippen MR) is 123 cm³/mol. The molecule has 1 saturated heterocycles. The highest BCUT2D eigenvalue weighted by Gasteiger charge is 2.22. The number of rotatable bonds is 3. The average molecular weight is 415 g/mol. The predicted octanol–water partition coefficient (Wildman–Crippen LogP) is 2.84. The fraction of sp³-hybridized carbons (Fsp3) is 0.292. The number of nitrogens with zero attached hydrogens (tertiary/aromatic N) is 4. The average Bonchev–Trinajstić information content (AvgIpc) is 3.14. The first-order chi connectivity index (χ1) is 15.0. The zero-order chi connectivity index (χ0) is 21.5. The van der Waals surface area contributed by atoms with Crippen molar-refractivity contribution in [3.8, 4) is 0 Å². The topological polar surface area (TPSA) is 74.2 Å². The molecule has 7 nitrogen and oxygen atoms in total. The number of aryl methyl sites for hydroxylation is 2. The van der Waals surface area contributed by atoms with E-state index >= 15 is 0 Å². The van der Waals surface area contributed by atoms with Gasteiger partial charge in [-0.2, -0.15) is 0 Å². The first-order valence-electron chi connectivity index (χ1n) is 10.6. The highest BCUT2D eigenvalue weighted by Crippen LogP contribution is 2.22. The van der Waals surface area contributed by atoms with Crippen LogP contribution in [0.2, 0.25) is 0 Å². The number of hydrogen-bond donors (Lipinski definition) is 1. The normalized spacial score (nSPS) is 14.5. The SMILES string of the molecule is Cc1cccc(N2CCN(C(=O)Cn3cnc4c([nH]c5ccc(C)cc54)c3=O)CC2)c1. The van der Waals surface area contributed by atoms with E-state index in [1.54, 1.807) is 0 Å². The molecule has 3 heterocycles. The zero-order valence-electron chi connectivity index (χ0n) is 17.8. The highest BCUT2D eigenvalue weighted by molar-refractivity contribution is 6.04. The summed E-state index contributed by atoms with van der Waals surface area (Å²) in [6, 6.07) is 14.4. The number of amides is 1. The molecule has 0 radical (unpaired) electrons. The van der Waals surface area contributed by atoms with Crippen LogP contribution in [-0.2, 0) is 11.3 Å². The van der Waals surface area contributed by atoms with Crippen molar-refractivity contribution in [2.75, 3.05) is 31.1 Å². The number of aromatic amines is 1. The lowest BCUT2D eigenvalue weighted by molar-refractivity contribution is -0.132. The van der Waals surface area contributed by atoms with Crippen LogP contribution < -0.4 is 10.5 Å². The summed E-state index contributed by atoms with van der Waals surface area (Å²) in [5.41, 5.74) is 5.28. The lowest BCUT2D eigenvalue weighted by Gasteiger charge is -2.36. The van der Waals surface area contributed by atoms with Crippen LogP contribution in [0.4, 0.5) is 5.69 Å². The number of hydrogen-bond acceptors (Lipinski definition) is 4. The summed E-state index contributed by atoms with van der Waals surface area (Å²) < 4.78 is 1.40. The number of carbonyl (C=O) groups excluding carboxylic acids is 1. The van der Waals surface area contributed by atoms with Crippen LogP contribution in [0.3, 0.4) is 0 Å². The molecule has 158 valence electrons. The maximum absolute atomic E-state index is 13.0. The fourth-order valence-corrected chi connectivity index (χ4v) is 4.30. The Balaban J connectivity index is 1.32. The number of anilines is 1. The van der Waals surface area contributed by atoms with E-state index in [0.29, 0.717) is 24.1 Å². The van der Waals surface area contributed by atoms with Crippen LogP contribution in [0.25, 0.3) is 21.9 Å². The molecular weight excluding hydrogens is 390 g/mol. The van der Waals surface area contributed by atoms with Gasteiger partial charge in [0.25, 0.3) is 5.56 Å². The van der Waals surface area contributed by atoms with Crippen molar-refractivity contribution in [2.45, 2.75) is 20.4 Å². The Morgan fingerprint density at radius 2 is 1.81 bits per heavy atom. The van der Waals surface area contributed by atoms with Gasteiger partial charge >= 0.3 is 0 Å². The standard InChI is InChI=1S/C24H25N5O2/c1-16-4-3-5-18(12-16)27-8-10-28(11-9-27)21(30)14-29-15-25-22-19-13-17(2)6-7-20(19)26-23(22)24(29)31/h3-7,12-13,15,26H,8-11,14H2,1-2H3. The third-order valence-electron chi connectivity index (χ3n) is 6.03. The summed E-state index contributed by atoms with van der Waals surface area (Å²) >= 11 is 0. The molecule has 0 aliphatic carbocycles. The van der Waals surface area contributed by atoms with E-state index in [-0.39, 0.29) is 18.0 Å². The van der Waals surface area contributed by atoms with Crippen LogP contribution in [0, 0.1) is 13.8 Å². The second-order valence-electron chi connectivity index (χ2n) is 8.28. The van der Waals surface area contributed by atoms with E-state index in [1.807, 2.05) is 30.0 Å². The first-order valence-corrected chi connectivity index (χ1v) is 10.6. The number of aromatic nitrogens is 3. The van der Waals surface area contributed by atoms with Gasteiger partial charge in [-0.05, 0) is 43.7 Å². The molecule has 0 bridgehead atoms. The zero-order valence-corrected chi connectivity index (χ0v) is 17.8. The van der Waals surface area contributed by atoms with E-state index in [2.05, 4.69) is 46.1 Å². The highest BCUT2D eigenvalue weighted by atomic mass is 16.2. The lowest BCUT2D eigenvalue weighted by atomic mass is 10.2. The number of piperazine rings is 1. The van der Waals surface area contributed by atoms with Crippen LogP contribution in [0.1, 0.15) is 11.1 Å². The van der Waals surface area contributed by atoms with E-state index in [0.717, 1.165) is 29.6 Å². The number of carbonyl (C=O) groups is 1. The van der Waals surface area contributed by atoms with Crippen molar-refractivity contribution in [3.05, 3.63) is 70.3 Å². The third kappa shape index (κ3) is 3.56. The van der Waals surface area contributed by atoms with Crippen molar-refractivity contribution < 1.29 is 4.79 Å². The third-order valence-corrected chi connectivity index (χ3v) is 6.03. The summed E-state index contributed by atoms with van der Waals surface area (Å²) in [6.07, 6.45) is 1.49. The monoisotopic (exact) mass is 415 g/mol. The Hall–Kier alpha value is -3.61. The maximum Gasteiger partial charge on any atom is 0.278 e. The van der Waals surface area contributed by atoms with Gasteiger partial charge in [0, 0.05) is 42.8 Å². The van der Waals surface area contributed by atoms with Crippen LogP contribution >= 0.6 is 0 Å². The van der Waals surface area contributed by atoms with Gasteiger partial charge in [0.15, 0.2) is 0 Å². The molecule has 1 aliphatic heterocycles. The molecule has 31 heavy (non-hydrogen) atoms. The number of fused-ring (bicyclic) bond motifs is 3. The molecule has 4 aromatic rings. The number of H-pyrrole nitrogens is 1. The number of nitrogens with one attached hydrogen (secondary N) is 1.